The van der Waals surface area contributed by atoms with Crippen molar-refractivity contribution in [2.24, 2.45) is 5.41 Å². The summed E-state index contributed by atoms with van der Waals surface area (Å²) in [6, 6.07) is 3.31. The monoisotopic (exact) mass is 359 g/mol. The third-order valence-electron chi connectivity index (χ3n) is 4.82. The van der Waals surface area contributed by atoms with Gasteiger partial charge in [0.1, 0.15) is 11.6 Å². The standard InChI is InChI=1S/C16H20BrF2NO/c1-10-16(6-7-21-10,9-20-11-2-3-11)8-12-14(18)5-4-13(17)15(12)19/h4-5,10-11,20H,2-3,6-9H2,1H3. The quantitative estimate of drug-likeness (QED) is 0.807. The normalized spacial score (nSPS) is 29.0. The molecule has 1 saturated carbocycles. The third-order valence-corrected chi connectivity index (χ3v) is 5.43. The Morgan fingerprint density at radius 2 is 2.14 bits per heavy atom. The molecule has 0 aromatic heterocycles. The lowest BCUT2D eigenvalue weighted by Gasteiger charge is -2.33. The fourth-order valence-electron chi connectivity index (χ4n) is 3.06. The average Bonchev–Trinajstić information content (AvgIpc) is 3.22. The molecule has 5 heteroatoms. The summed E-state index contributed by atoms with van der Waals surface area (Å²) in [6.07, 6.45) is 3.60. The minimum atomic E-state index is -0.486. The summed E-state index contributed by atoms with van der Waals surface area (Å²) in [5, 5.41) is 3.51. The van der Waals surface area contributed by atoms with Crippen LogP contribution in [0.25, 0.3) is 0 Å². The molecule has 1 heterocycles. The van der Waals surface area contributed by atoms with E-state index in [4.69, 9.17) is 4.74 Å². The molecule has 0 bridgehead atoms. The molecule has 0 spiro atoms. The van der Waals surface area contributed by atoms with Crippen LogP contribution in [0.4, 0.5) is 8.78 Å². The molecule has 1 aromatic carbocycles. The van der Waals surface area contributed by atoms with Gasteiger partial charge in [0.2, 0.25) is 0 Å². The van der Waals surface area contributed by atoms with Crippen LogP contribution in [0.5, 0.6) is 0 Å². The van der Waals surface area contributed by atoms with Gasteiger partial charge in [0, 0.05) is 30.2 Å². The van der Waals surface area contributed by atoms with Crippen LogP contribution in [0.3, 0.4) is 0 Å². The number of nitrogens with one attached hydrogen (secondary N) is 1. The number of hydrogen-bond acceptors (Lipinski definition) is 2. The molecule has 2 aliphatic rings. The van der Waals surface area contributed by atoms with Gasteiger partial charge in [-0.25, -0.2) is 8.78 Å². The Balaban J connectivity index is 1.85. The number of rotatable bonds is 5. The highest BCUT2D eigenvalue weighted by Crippen LogP contribution is 2.40. The van der Waals surface area contributed by atoms with Gasteiger partial charge in [0.05, 0.1) is 10.6 Å². The summed E-state index contributed by atoms with van der Waals surface area (Å²) in [7, 11) is 0. The first-order chi connectivity index (χ1) is 10.0. The van der Waals surface area contributed by atoms with E-state index in [1.165, 1.54) is 25.0 Å². The minimum Gasteiger partial charge on any atom is -0.378 e. The first kappa shape index (κ1) is 15.4. The smallest absolute Gasteiger partial charge is 0.143 e. The number of benzene rings is 1. The fourth-order valence-corrected chi connectivity index (χ4v) is 3.44. The van der Waals surface area contributed by atoms with Crippen LogP contribution < -0.4 is 5.32 Å². The lowest BCUT2D eigenvalue weighted by Crippen LogP contribution is -2.42. The highest BCUT2D eigenvalue weighted by Gasteiger charge is 2.43. The molecular weight excluding hydrogens is 340 g/mol. The summed E-state index contributed by atoms with van der Waals surface area (Å²) in [5.41, 5.74) is -0.0650. The Labute approximate surface area is 132 Å². The van der Waals surface area contributed by atoms with Gasteiger partial charge in [-0.15, -0.1) is 0 Å². The summed E-state index contributed by atoms with van der Waals surface area (Å²) in [6.45, 7) is 3.42. The van der Waals surface area contributed by atoms with E-state index in [9.17, 15) is 8.78 Å². The molecule has 2 atom stereocenters. The molecule has 2 fully saturated rings. The van der Waals surface area contributed by atoms with Crippen LogP contribution in [-0.2, 0) is 11.2 Å². The molecule has 2 unspecified atom stereocenters. The predicted molar refractivity (Wildman–Crippen MR) is 81.3 cm³/mol. The lowest BCUT2D eigenvalue weighted by atomic mass is 9.76. The van der Waals surface area contributed by atoms with E-state index in [0.29, 0.717) is 23.5 Å². The van der Waals surface area contributed by atoms with Gasteiger partial charge in [-0.05, 0) is 60.7 Å². The molecule has 2 nitrogen and oxygen atoms in total. The second-order valence-corrected chi connectivity index (χ2v) is 7.13. The number of halogens is 3. The van der Waals surface area contributed by atoms with Crippen molar-refractivity contribution in [1.82, 2.24) is 5.32 Å². The van der Waals surface area contributed by atoms with Gasteiger partial charge < -0.3 is 10.1 Å². The molecule has 21 heavy (non-hydrogen) atoms. The van der Waals surface area contributed by atoms with Crippen molar-refractivity contribution >= 4 is 15.9 Å². The zero-order valence-electron chi connectivity index (χ0n) is 12.1. The molecule has 1 saturated heterocycles. The Hall–Kier alpha value is -0.520. The van der Waals surface area contributed by atoms with Gasteiger partial charge in [-0.3, -0.25) is 0 Å². The zero-order valence-corrected chi connectivity index (χ0v) is 13.7. The first-order valence-corrected chi connectivity index (χ1v) is 8.28. The fraction of sp³-hybridized carbons (Fsp3) is 0.625. The van der Waals surface area contributed by atoms with Gasteiger partial charge in [0.15, 0.2) is 0 Å². The van der Waals surface area contributed by atoms with Crippen LogP contribution in [0, 0.1) is 17.0 Å². The third kappa shape index (κ3) is 3.15. The van der Waals surface area contributed by atoms with E-state index < -0.39 is 11.6 Å². The summed E-state index contributed by atoms with van der Waals surface area (Å²) in [4.78, 5) is 0. The number of hydrogen-bond donors (Lipinski definition) is 1. The number of ether oxygens (including phenoxy) is 1. The molecule has 0 amide bonds. The largest absolute Gasteiger partial charge is 0.378 e. The van der Waals surface area contributed by atoms with Gasteiger partial charge in [-0.2, -0.15) is 0 Å². The Bertz CT molecular complexity index is 535. The molecule has 1 N–H and O–H groups in total. The van der Waals surface area contributed by atoms with Gasteiger partial charge in [0.25, 0.3) is 0 Å². The molecule has 0 radical (unpaired) electrons. The highest BCUT2D eigenvalue weighted by molar-refractivity contribution is 9.10. The summed E-state index contributed by atoms with van der Waals surface area (Å²) < 4.78 is 34.4. The van der Waals surface area contributed by atoms with E-state index in [-0.39, 0.29) is 17.1 Å². The van der Waals surface area contributed by atoms with Crippen LogP contribution >= 0.6 is 15.9 Å². The van der Waals surface area contributed by atoms with Crippen molar-refractivity contribution in [3.63, 3.8) is 0 Å². The lowest BCUT2D eigenvalue weighted by molar-refractivity contribution is 0.0620. The zero-order chi connectivity index (χ0) is 15.0. The Kier molecular flexibility index (Phi) is 4.35. The van der Waals surface area contributed by atoms with E-state index in [2.05, 4.69) is 21.2 Å². The maximum atomic E-state index is 14.3. The van der Waals surface area contributed by atoms with E-state index >= 15 is 0 Å². The van der Waals surface area contributed by atoms with Crippen molar-refractivity contribution < 1.29 is 13.5 Å². The van der Waals surface area contributed by atoms with Crippen molar-refractivity contribution in [3.05, 3.63) is 33.8 Å². The van der Waals surface area contributed by atoms with Gasteiger partial charge in [-0.1, -0.05) is 0 Å². The van der Waals surface area contributed by atoms with E-state index in [0.717, 1.165) is 13.0 Å². The predicted octanol–water partition coefficient (Wildman–Crippen LogP) is 3.82. The van der Waals surface area contributed by atoms with E-state index in [1.807, 2.05) is 6.92 Å². The van der Waals surface area contributed by atoms with Gasteiger partial charge >= 0.3 is 0 Å². The molecule has 1 aromatic rings. The second kappa shape index (κ2) is 5.94. The van der Waals surface area contributed by atoms with E-state index in [1.54, 1.807) is 0 Å². The highest BCUT2D eigenvalue weighted by atomic mass is 79.9. The molecule has 3 rings (SSSR count). The van der Waals surface area contributed by atoms with Crippen molar-refractivity contribution in [2.75, 3.05) is 13.2 Å². The maximum Gasteiger partial charge on any atom is 0.143 e. The molecule has 1 aliphatic heterocycles. The Morgan fingerprint density at radius 1 is 1.38 bits per heavy atom. The topological polar surface area (TPSA) is 21.3 Å². The summed E-state index contributed by atoms with van der Waals surface area (Å²) in [5.74, 6) is -0.958. The molecule has 116 valence electrons. The Morgan fingerprint density at radius 3 is 2.76 bits per heavy atom. The van der Waals surface area contributed by atoms with Crippen molar-refractivity contribution in [2.45, 2.75) is 44.8 Å². The van der Waals surface area contributed by atoms with Crippen LogP contribution in [0.15, 0.2) is 16.6 Å². The minimum absolute atomic E-state index is 0.00142. The van der Waals surface area contributed by atoms with Crippen LogP contribution in [-0.4, -0.2) is 25.3 Å². The first-order valence-electron chi connectivity index (χ1n) is 7.49. The second-order valence-electron chi connectivity index (χ2n) is 6.28. The van der Waals surface area contributed by atoms with Crippen LogP contribution in [0.1, 0.15) is 31.7 Å². The molecule has 1 aliphatic carbocycles. The SMILES string of the molecule is CC1OCCC1(CNC1CC1)Cc1c(F)ccc(Br)c1F. The molecular formula is C16H20BrF2NO. The van der Waals surface area contributed by atoms with Crippen molar-refractivity contribution in [1.29, 1.82) is 0 Å². The van der Waals surface area contributed by atoms with Crippen LogP contribution in [0.2, 0.25) is 0 Å². The van der Waals surface area contributed by atoms with Crippen molar-refractivity contribution in [3.8, 4) is 0 Å². The average molecular weight is 360 g/mol. The maximum absolute atomic E-state index is 14.3. The summed E-state index contributed by atoms with van der Waals surface area (Å²) >= 11 is 3.15.